The molecule has 10 nitrogen and oxygen atoms in total. The number of hydrogen-bond acceptors (Lipinski definition) is 8. The van der Waals surface area contributed by atoms with E-state index in [4.69, 9.17) is 9.47 Å². The van der Waals surface area contributed by atoms with Crippen molar-refractivity contribution in [2.45, 2.75) is 10.9 Å². The highest BCUT2D eigenvalue weighted by Gasteiger charge is 2.23. The molecular formula is C30H25N5O5S. The molecule has 1 aromatic heterocycles. The Morgan fingerprint density at radius 3 is 2.15 bits per heavy atom. The summed E-state index contributed by atoms with van der Waals surface area (Å²) in [6.07, 6.45) is 0. The van der Waals surface area contributed by atoms with Gasteiger partial charge in [0, 0.05) is 23.1 Å². The fourth-order valence-electron chi connectivity index (χ4n) is 4.10. The summed E-state index contributed by atoms with van der Waals surface area (Å²) in [5, 5.41) is 23.9. The number of benzene rings is 4. The number of amides is 1. The van der Waals surface area contributed by atoms with E-state index in [0.717, 1.165) is 11.3 Å². The fourth-order valence-corrected chi connectivity index (χ4v) is 5.01. The van der Waals surface area contributed by atoms with Crippen LogP contribution in [0.4, 0.5) is 11.4 Å². The first kappa shape index (κ1) is 27.4. The van der Waals surface area contributed by atoms with E-state index in [1.54, 1.807) is 73.4 Å². The molecule has 11 heteroatoms. The van der Waals surface area contributed by atoms with Crippen molar-refractivity contribution >= 4 is 29.0 Å². The number of nitrogens with one attached hydrogen (secondary N) is 1. The van der Waals surface area contributed by atoms with Crippen LogP contribution in [-0.4, -0.2) is 39.8 Å². The van der Waals surface area contributed by atoms with Crippen LogP contribution in [0.1, 0.15) is 15.9 Å². The van der Waals surface area contributed by atoms with Gasteiger partial charge in [-0.3, -0.25) is 19.5 Å². The minimum Gasteiger partial charge on any atom is -0.497 e. The molecule has 0 unspecified atom stereocenters. The molecule has 0 fully saturated rings. The van der Waals surface area contributed by atoms with Crippen LogP contribution in [0.15, 0.2) is 102 Å². The average molecular weight is 568 g/mol. The number of hydrogen-bond donors (Lipinski definition) is 1. The molecule has 0 saturated carbocycles. The second kappa shape index (κ2) is 12.3. The molecule has 4 aromatic carbocycles. The lowest BCUT2D eigenvalue weighted by atomic mass is 10.1. The topological polar surface area (TPSA) is 121 Å². The number of rotatable bonds is 10. The number of nitrogens with zero attached hydrogens (tertiary/aromatic N) is 4. The highest BCUT2D eigenvalue weighted by atomic mass is 32.2. The van der Waals surface area contributed by atoms with Crippen molar-refractivity contribution in [2.75, 3.05) is 19.5 Å². The maximum Gasteiger partial charge on any atom is 0.280 e. The first-order valence-corrected chi connectivity index (χ1v) is 13.5. The molecule has 1 amide bonds. The molecule has 0 spiro atoms. The standard InChI is InChI=1S/C30H25N5O5S/c1-39-24-15-11-22(12-16-24)31-29(36)21-9-7-20(8-10-21)19-41-30-33-32-28(26-5-3-4-6-27(26)35(37)38)34(30)23-13-17-25(40-2)18-14-23/h3-18H,19H2,1-2H3,(H,31,36). The second-order valence-electron chi connectivity index (χ2n) is 8.78. The van der Waals surface area contributed by atoms with Crippen LogP contribution in [0, 0.1) is 10.1 Å². The molecule has 5 rings (SSSR count). The van der Waals surface area contributed by atoms with Crippen molar-refractivity contribution in [3.8, 4) is 28.6 Å². The number of ether oxygens (including phenoxy) is 2. The number of methoxy groups -OCH3 is 2. The first-order chi connectivity index (χ1) is 20.0. The van der Waals surface area contributed by atoms with Gasteiger partial charge in [0.25, 0.3) is 11.6 Å². The quantitative estimate of drug-likeness (QED) is 0.117. The first-order valence-electron chi connectivity index (χ1n) is 12.5. The number of nitro benzene ring substituents is 1. The summed E-state index contributed by atoms with van der Waals surface area (Å²) >= 11 is 1.43. The molecule has 0 saturated heterocycles. The molecule has 0 atom stereocenters. The summed E-state index contributed by atoms with van der Waals surface area (Å²) < 4.78 is 12.2. The van der Waals surface area contributed by atoms with E-state index in [0.29, 0.717) is 45.0 Å². The zero-order valence-corrected chi connectivity index (χ0v) is 23.0. The van der Waals surface area contributed by atoms with Crippen LogP contribution < -0.4 is 14.8 Å². The van der Waals surface area contributed by atoms with E-state index in [-0.39, 0.29) is 11.6 Å². The molecular weight excluding hydrogens is 542 g/mol. The van der Waals surface area contributed by atoms with E-state index in [2.05, 4.69) is 15.5 Å². The van der Waals surface area contributed by atoms with Gasteiger partial charge in [-0.1, -0.05) is 36.0 Å². The highest BCUT2D eigenvalue weighted by molar-refractivity contribution is 7.98. The number of carbonyl (C=O) groups is 1. The monoisotopic (exact) mass is 567 g/mol. The summed E-state index contributed by atoms with van der Waals surface area (Å²) in [7, 11) is 3.17. The van der Waals surface area contributed by atoms with E-state index in [1.807, 2.05) is 36.4 Å². The van der Waals surface area contributed by atoms with Crippen molar-refractivity contribution in [2.24, 2.45) is 0 Å². The van der Waals surface area contributed by atoms with Crippen molar-refractivity contribution in [3.05, 3.63) is 118 Å². The van der Waals surface area contributed by atoms with E-state index in [1.165, 1.54) is 17.8 Å². The van der Waals surface area contributed by atoms with E-state index < -0.39 is 4.92 Å². The normalized spacial score (nSPS) is 10.7. The number of carbonyl (C=O) groups excluding carboxylic acids is 1. The third-order valence-corrected chi connectivity index (χ3v) is 7.24. The Labute approximate surface area is 240 Å². The van der Waals surface area contributed by atoms with Gasteiger partial charge in [0.15, 0.2) is 11.0 Å². The second-order valence-corrected chi connectivity index (χ2v) is 9.72. The number of aromatic nitrogens is 3. The van der Waals surface area contributed by atoms with Gasteiger partial charge in [-0.25, -0.2) is 0 Å². The van der Waals surface area contributed by atoms with Gasteiger partial charge in [-0.15, -0.1) is 10.2 Å². The SMILES string of the molecule is COc1ccc(NC(=O)c2ccc(CSc3nnc(-c4ccccc4[N+](=O)[O-])n3-c3ccc(OC)cc3)cc2)cc1. The van der Waals surface area contributed by atoms with E-state index in [9.17, 15) is 14.9 Å². The zero-order valence-electron chi connectivity index (χ0n) is 22.2. The smallest absolute Gasteiger partial charge is 0.280 e. The van der Waals surface area contributed by atoms with Gasteiger partial charge >= 0.3 is 0 Å². The van der Waals surface area contributed by atoms with Crippen LogP contribution >= 0.6 is 11.8 Å². The molecule has 41 heavy (non-hydrogen) atoms. The van der Waals surface area contributed by atoms with Crippen LogP contribution in [0.2, 0.25) is 0 Å². The fraction of sp³-hybridized carbons (Fsp3) is 0.100. The summed E-state index contributed by atoms with van der Waals surface area (Å²) in [5.74, 6) is 2.06. The Morgan fingerprint density at radius 1 is 0.878 bits per heavy atom. The third-order valence-electron chi connectivity index (χ3n) is 6.24. The lowest BCUT2D eigenvalue weighted by Gasteiger charge is -2.11. The van der Waals surface area contributed by atoms with Crippen LogP contribution in [-0.2, 0) is 5.75 Å². The van der Waals surface area contributed by atoms with Crippen molar-refractivity contribution < 1.29 is 19.2 Å². The minimum atomic E-state index is -0.429. The lowest BCUT2D eigenvalue weighted by molar-refractivity contribution is -0.384. The minimum absolute atomic E-state index is 0.0604. The Hall–Kier alpha value is -5.16. The van der Waals surface area contributed by atoms with Gasteiger partial charge < -0.3 is 14.8 Å². The van der Waals surface area contributed by atoms with Crippen LogP contribution in [0.3, 0.4) is 0 Å². The van der Waals surface area contributed by atoms with Crippen molar-refractivity contribution in [3.63, 3.8) is 0 Å². The Balaban J connectivity index is 1.37. The molecule has 1 N–H and O–H groups in total. The van der Waals surface area contributed by atoms with E-state index >= 15 is 0 Å². The van der Waals surface area contributed by atoms with Crippen LogP contribution in [0.25, 0.3) is 17.1 Å². The molecule has 1 heterocycles. The molecule has 5 aromatic rings. The van der Waals surface area contributed by atoms with Crippen LogP contribution in [0.5, 0.6) is 11.5 Å². The maximum absolute atomic E-state index is 12.7. The van der Waals surface area contributed by atoms with Gasteiger partial charge in [-0.05, 0) is 72.3 Å². The van der Waals surface area contributed by atoms with Gasteiger partial charge in [0.05, 0.1) is 30.4 Å². The summed E-state index contributed by atoms with van der Waals surface area (Å²) in [6, 6.07) is 28.2. The van der Waals surface area contributed by atoms with Crippen molar-refractivity contribution in [1.82, 2.24) is 14.8 Å². The zero-order chi connectivity index (χ0) is 28.8. The maximum atomic E-state index is 12.7. The molecule has 0 bridgehead atoms. The summed E-state index contributed by atoms with van der Waals surface area (Å²) in [4.78, 5) is 24.0. The number of nitro groups is 1. The third kappa shape index (κ3) is 6.20. The summed E-state index contributed by atoms with van der Waals surface area (Å²) in [5.41, 5.74) is 3.19. The number of thioether (sulfide) groups is 1. The predicted molar refractivity (Wildman–Crippen MR) is 157 cm³/mol. The Kier molecular flexibility index (Phi) is 8.26. The highest BCUT2D eigenvalue weighted by Crippen LogP contribution is 2.34. The summed E-state index contributed by atoms with van der Waals surface area (Å²) in [6.45, 7) is 0. The largest absolute Gasteiger partial charge is 0.497 e. The lowest BCUT2D eigenvalue weighted by Crippen LogP contribution is -2.11. The average Bonchev–Trinajstić information content (AvgIpc) is 3.44. The Bertz CT molecular complexity index is 1670. The van der Waals surface area contributed by atoms with Gasteiger partial charge in [0.1, 0.15) is 11.5 Å². The molecule has 0 aliphatic carbocycles. The number of anilines is 1. The van der Waals surface area contributed by atoms with Crippen molar-refractivity contribution in [1.29, 1.82) is 0 Å². The van der Waals surface area contributed by atoms with Gasteiger partial charge in [-0.2, -0.15) is 0 Å². The predicted octanol–water partition coefficient (Wildman–Crippen LogP) is 6.40. The molecule has 0 aliphatic rings. The Morgan fingerprint density at radius 2 is 1.51 bits per heavy atom. The molecule has 0 aliphatic heterocycles. The number of para-hydroxylation sites is 1. The van der Waals surface area contributed by atoms with Gasteiger partial charge in [0.2, 0.25) is 0 Å². The molecule has 206 valence electrons. The molecule has 0 radical (unpaired) electrons.